The van der Waals surface area contributed by atoms with Crippen LogP contribution < -0.4 is 0 Å². The number of nitro groups is 1. The summed E-state index contributed by atoms with van der Waals surface area (Å²) in [5, 5.41) is 23.9. The Labute approximate surface area is 127 Å². The lowest BCUT2D eigenvalue weighted by Crippen LogP contribution is -2.03. The quantitative estimate of drug-likeness (QED) is 0.640. The molecule has 6 nitrogen and oxygen atoms in total. The number of aryl methyl sites for hydroxylation is 2. The molecule has 0 spiro atoms. The van der Waals surface area contributed by atoms with Crippen molar-refractivity contribution >= 4 is 17.3 Å². The van der Waals surface area contributed by atoms with Gasteiger partial charge in [-0.05, 0) is 35.6 Å². The molecule has 1 aromatic heterocycles. The predicted octanol–water partition coefficient (Wildman–Crippen LogP) is 3.19. The monoisotopic (exact) mass is 294 g/mol. The molecule has 6 heteroatoms. The van der Waals surface area contributed by atoms with E-state index in [1.807, 2.05) is 23.0 Å². The van der Waals surface area contributed by atoms with Gasteiger partial charge in [-0.2, -0.15) is 10.4 Å². The van der Waals surface area contributed by atoms with E-state index in [0.29, 0.717) is 13.0 Å². The molecule has 3 rings (SSSR count). The van der Waals surface area contributed by atoms with Crippen molar-refractivity contribution in [1.82, 2.24) is 9.78 Å². The van der Waals surface area contributed by atoms with Crippen LogP contribution in [0.2, 0.25) is 0 Å². The molecular weight excluding hydrogens is 280 g/mol. The van der Waals surface area contributed by atoms with Gasteiger partial charge in [0.1, 0.15) is 0 Å². The molecule has 0 atom stereocenters. The van der Waals surface area contributed by atoms with E-state index < -0.39 is 0 Å². The number of benzene rings is 1. The van der Waals surface area contributed by atoms with Gasteiger partial charge in [-0.1, -0.05) is 12.1 Å². The maximum absolute atomic E-state index is 10.9. The van der Waals surface area contributed by atoms with Crippen LogP contribution in [0.25, 0.3) is 11.6 Å². The van der Waals surface area contributed by atoms with Gasteiger partial charge >= 0.3 is 0 Å². The minimum Gasteiger partial charge on any atom is -0.264 e. The van der Waals surface area contributed by atoms with Crippen molar-refractivity contribution in [2.24, 2.45) is 0 Å². The van der Waals surface area contributed by atoms with Crippen molar-refractivity contribution in [2.45, 2.75) is 25.8 Å². The third-order valence-corrected chi connectivity index (χ3v) is 3.74. The van der Waals surface area contributed by atoms with Gasteiger partial charge in [0.2, 0.25) is 0 Å². The average Bonchev–Trinajstić information content (AvgIpc) is 3.09. The lowest BCUT2D eigenvalue weighted by atomic mass is 10.1. The number of hydrogen-bond acceptors (Lipinski definition) is 4. The molecular formula is C16H14N4O2. The lowest BCUT2D eigenvalue weighted by Gasteiger charge is -2.06. The molecule has 1 heterocycles. The van der Waals surface area contributed by atoms with Crippen molar-refractivity contribution < 1.29 is 4.92 Å². The Bertz CT molecular complexity index is 799. The largest absolute Gasteiger partial charge is 0.270 e. The molecule has 1 aliphatic carbocycles. The van der Waals surface area contributed by atoms with Gasteiger partial charge in [0, 0.05) is 12.1 Å². The molecule has 110 valence electrons. The number of nitrogens with zero attached hydrogens (tertiary/aromatic N) is 4. The van der Waals surface area contributed by atoms with Crippen LogP contribution in [0.3, 0.4) is 0 Å². The highest BCUT2D eigenvalue weighted by Gasteiger charge is 2.21. The topological polar surface area (TPSA) is 84.8 Å². The second kappa shape index (κ2) is 5.82. The van der Waals surface area contributed by atoms with Crippen molar-refractivity contribution in [3.8, 4) is 6.07 Å². The molecule has 0 fully saturated rings. The maximum atomic E-state index is 10.9. The van der Waals surface area contributed by atoms with Crippen LogP contribution in [0.1, 0.15) is 29.7 Å². The maximum Gasteiger partial charge on any atom is 0.270 e. The second-order valence-corrected chi connectivity index (χ2v) is 5.17. The summed E-state index contributed by atoms with van der Waals surface area (Å²) in [7, 11) is 0. The molecule has 22 heavy (non-hydrogen) atoms. The molecule has 0 unspecified atom stereocenters. The standard InChI is InChI=1S/C16H14N4O2/c17-7-2-8-19-16-13(5-6-14(16)11-18-19)9-12-3-1-4-15(10-12)20(21)22/h1,3-4,9-11H,2,5-6,8H2. The summed E-state index contributed by atoms with van der Waals surface area (Å²) in [5.41, 5.74) is 4.25. The van der Waals surface area contributed by atoms with Gasteiger partial charge in [-0.3, -0.25) is 14.8 Å². The van der Waals surface area contributed by atoms with E-state index in [-0.39, 0.29) is 10.6 Å². The van der Waals surface area contributed by atoms with Crippen molar-refractivity contribution in [2.75, 3.05) is 0 Å². The predicted molar refractivity (Wildman–Crippen MR) is 81.7 cm³/mol. The third-order valence-electron chi connectivity index (χ3n) is 3.74. The van der Waals surface area contributed by atoms with Gasteiger partial charge in [-0.25, -0.2) is 0 Å². The molecule has 2 aromatic rings. The van der Waals surface area contributed by atoms with Gasteiger partial charge in [0.05, 0.1) is 35.8 Å². The highest BCUT2D eigenvalue weighted by atomic mass is 16.6. The van der Waals surface area contributed by atoms with Gasteiger partial charge in [0.25, 0.3) is 5.69 Å². The smallest absolute Gasteiger partial charge is 0.264 e. The molecule has 0 saturated carbocycles. The van der Waals surface area contributed by atoms with E-state index in [4.69, 9.17) is 5.26 Å². The first kappa shape index (κ1) is 14.0. The summed E-state index contributed by atoms with van der Waals surface area (Å²) in [6.45, 7) is 0.568. The van der Waals surface area contributed by atoms with E-state index in [1.54, 1.807) is 12.1 Å². The Hall–Kier alpha value is -2.94. The number of fused-ring (bicyclic) bond motifs is 1. The first-order chi connectivity index (χ1) is 10.7. The fourth-order valence-electron chi connectivity index (χ4n) is 2.76. The van der Waals surface area contributed by atoms with Gasteiger partial charge in [0.15, 0.2) is 0 Å². The first-order valence-corrected chi connectivity index (χ1v) is 7.06. The summed E-state index contributed by atoms with van der Waals surface area (Å²) < 4.78 is 1.86. The number of hydrogen-bond donors (Lipinski definition) is 0. The molecule has 0 N–H and O–H groups in total. The lowest BCUT2D eigenvalue weighted by molar-refractivity contribution is -0.384. The van der Waals surface area contributed by atoms with Gasteiger partial charge in [-0.15, -0.1) is 0 Å². The molecule has 0 saturated heterocycles. The number of non-ortho nitro benzene ring substituents is 1. The van der Waals surface area contributed by atoms with E-state index in [0.717, 1.165) is 29.7 Å². The number of aromatic nitrogens is 2. The summed E-state index contributed by atoms with van der Waals surface area (Å²) in [5.74, 6) is 0. The normalized spacial score (nSPS) is 14.8. The Balaban J connectivity index is 1.95. The zero-order valence-corrected chi connectivity index (χ0v) is 11.9. The van der Waals surface area contributed by atoms with Crippen LogP contribution in [0, 0.1) is 21.4 Å². The summed E-state index contributed by atoms with van der Waals surface area (Å²) >= 11 is 0. The number of nitro benzene ring substituents is 1. The Morgan fingerprint density at radius 1 is 1.45 bits per heavy atom. The van der Waals surface area contributed by atoms with Crippen molar-refractivity contribution in [3.63, 3.8) is 0 Å². The molecule has 0 amide bonds. The molecule has 0 radical (unpaired) electrons. The van der Waals surface area contributed by atoms with Crippen LogP contribution in [-0.4, -0.2) is 14.7 Å². The average molecular weight is 294 g/mol. The van der Waals surface area contributed by atoms with Gasteiger partial charge < -0.3 is 0 Å². The van der Waals surface area contributed by atoms with Crippen LogP contribution in [-0.2, 0) is 13.0 Å². The van der Waals surface area contributed by atoms with E-state index in [9.17, 15) is 10.1 Å². The van der Waals surface area contributed by atoms with E-state index in [2.05, 4.69) is 11.2 Å². The van der Waals surface area contributed by atoms with Crippen LogP contribution in [0.4, 0.5) is 5.69 Å². The SMILES string of the molecule is N#CCCn1ncc2c1C(=Cc1cccc([N+](=O)[O-])c1)CC2. The highest BCUT2D eigenvalue weighted by molar-refractivity contribution is 5.84. The minimum atomic E-state index is -0.390. The third kappa shape index (κ3) is 2.61. The Kier molecular flexibility index (Phi) is 3.71. The van der Waals surface area contributed by atoms with E-state index >= 15 is 0 Å². The molecule has 1 aliphatic rings. The zero-order valence-electron chi connectivity index (χ0n) is 11.9. The first-order valence-electron chi connectivity index (χ1n) is 7.06. The fourth-order valence-corrected chi connectivity index (χ4v) is 2.76. The number of nitriles is 1. The van der Waals surface area contributed by atoms with Crippen LogP contribution in [0.15, 0.2) is 30.5 Å². The zero-order chi connectivity index (χ0) is 15.5. The highest BCUT2D eigenvalue weighted by Crippen LogP contribution is 2.34. The fraction of sp³-hybridized carbons (Fsp3) is 0.250. The molecule has 0 aliphatic heterocycles. The summed E-state index contributed by atoms with van der Waals surface area (Å²) in [6.07, 6.45) is 6.05. The summed E-state index contributed by atoms with van der Waals surface area (Å²) in [4.78, 5) is 10.5. The van der Waals surface area contributed by atoms with E-state index in [1.165, 1.54) is 11.6 Å². The Morgan fingerprint density at radius 3 is 3.09 bits per heavy atom. The summed E-state index contributed by atoms with van der Waals surface area (Å²) in [6, 6.07) is 8.73. The minimum absolute atomic E-state index is 0.0885. The second-order valence-electron chi connectivity index (χ2n) is 5.17. The van der Waals surface area contributed by atoms with Crippen LogP contribution >= 0.6 is 0 Å². The van der Waals surface area contributed by atoms with Crippen molar-refractivity contribution in [1.29, 1.82) is 5.26 Å². The van der Waals surface area contributed by atoms with Crippen molar-refractivity contribution in [3.05, 3.63) is 57.4 Å². The van der Waals surface area contributed by atoms with Crippen LogP contribution in [0.5, 0.6) is 0 Å². The number of allylic oxidation sites excluding steroid dienone is 1. The molecule has 0 bridgehead atoms. The molecule has 1 aromatic carbocycles. The Morgan fingerprint density at radius 2 is 2.32 bits per heavy atom. The number of rotatable bonds is 4.